The summed E-state index contributed by atoms with van der Waals surface area (Å²) in [5.41, 5.74) is 3.03. The van der Waals surface area contributed by atoms with Crippen LogP contribution in [0.5, 0.6) is 0 Å². The summed E-state index contributed by atoms with van der Waals surface area (Å²) >= 11 is 0. The number of hydrogen-bond acceptors (Lipinski definition) is 2. The van der Waals surface area contributed by atoms with E-state index >= 15 is 0 Å². The lowest BCUT2D eigenvalue weighted by atomic mass is 9.84. The maximum Gasteiger partial charge on any atom is 0.0717 e. The predicted octanol–water partition coefficient (Wildman–Crippen LogP) is 1.96. The first kappa shape index (κ1) is 13.8. The summed E-state index contributed by atoms with van der Waals surface area (Å²) in [7, 11) is 1.29. The van der Waals surface area contributed by atoms with Crippen molar-refractivity contribution in [3.05, 3.63) is 35.4 Å². The largest absolute Gasteiger partial charge is 0.380 e. The molecule has 3 heteroatoms. The van der Waals surface area contributed by atoms with Crippen molar-refractivity contribution in [2.75, 3.05) is 19.8 Å². The van der Waals surface area contributed by atoms with Gasteiger partial charge < -0.3 is 9.47 Å². The lowest BCUT2D eigenvalue weighted by Gasteiger charge is -2.40. The van der Waals surface area contributed by atoms with Crippen LogP contribution in [-0.2, 0) is 22.5 Å². The molecule has 1 aromatic rings. The van der Waals surface area contributed by atoms with E-state index in [9.17, 15) is 0 Å². The molecule has 100 valence electrons. The summed E-state index contributed by atoms with van der Waals surface area (Å²) in [4.78, 5) is 0. The molecule has 18 heavy (non-hydrogen) atoms. The van der Waals surface area contributed by atoms with Gasteiger partial charge in [-0.2, -0.15) is 0 Å². The van der Waals surface area contributed by atoms with E-state index in [1.807, 2.05) is 0 Å². The van der Waals surface area contributed by atoms with E-state index in [2.05, 4.69) is 31.2 Å². The minimum atomic E-state index is 0.298. The smallest absolute Gasteiger partial charge is 0.0717 e. The van der Waals surface area contributed by atoms with E-state index in [4.69, 9.17) is 9.47 Å². The lowest BCUT2D eigenvalue weighted by Crippen LogP contribution is -2.45. The van der Waals surface area contributed by atoms with Crippen LogP contribution in [0.3, 0.4) is 0 Å². The van der Waals surface area contributed by atoms with E-state index < -0.39 is 0 Å². The van der Waals surface area contributed by atoms with Gasteiger partial charge in [-0.05, 0) is 24.0 Å². The Morgan fingerprint density at radius 2 is 1.89 bits per heavy atom. The van der Waals surface area contributed by atoms with Crippen molar-refractivity contribution in [2.24, 2.45) is 5.41 Å². The maximum absolute atomic E-state index is 5.84. The molecule has 1 heterocycles. The van der Waals surface area contributed by atoms with E-state index in [1.165, 1.54) is 33.8 Å². The minimum Gasteiger partial charge on any atom is -0.380 e. The Balaban J connectivity index is 1.76. The van der Waals surface area contributed by atoms with Crippen LogP contribution >= 0.6 is 0 Å². The van der Waals surface area contributed by atoms with Gasteiger partial charge in [0, 0.05) is 15.7 Å². The van der Waals surface area contributed by atoms with Gasteiger partial charge in [0.05, 0.1) is 26.4 Å². The van der Waals surface area contributed by atoms with Gasteiger partial charge in [-0.15, -0.1) is 0 Å². The Kier molecular flexibility index (Phi) is 4.98. The topological polar surface area (TPSA) is 18.5 Å². The number of benzene rings is 1. The van der Waals surface area contributed by atoms with Crippen LogP contribution in [0.15, 0.2) is 24.3 Å². The van der Waals surface area contributed by atoms with Crippen molar-refractivity contribution >= 4 is 10.2 Å². The fraction of sp³-hybridized carbons (Fsp3) is 0.600. The van der Waals surface area contributed by atoms with Crippen LogP contribution in [0.2, 0.25) is 6.04 Å². The molecule has 0 N–H and O–H groups in total. The van der Waals surface area contributed by atoms with Gasteiger partial charge in [-0.25, -0.2) is 0 Å². The fourth-order valence-electron chi connectivity index (χ4n) is 2.26. The van der Waals surface area contributed by atoms with Crippen LogP contribution < -0.4 is 0 Å². The van der Waals surface area contributed by atoms with Crippen molar-refractivity contribution in [1.29, 1.82) is 0 Å². The molecule has 0 atom stereocenters. The highest BCUT2D eigenvalue weighted by Crippen LogP contribution is 2.31. The second-order valence-corrected chi connectivity index (χ2v) is 6.41. The summed E-state index contributed by atoms with van der Waals surface area (Å²) in [5.74, 6) is 0. The zero-order valence-electron chi connectivity index (χ0n) is 11.6. The molecule has 0 spiro atoms. The Hall–Kier alpha value is -0.643. The third-order valence-electron chi connectivity index (χ3n) is 3.81. The first-order valence-electron chi connectivity index (χ1n) is 7.01. The average molecular weight is 264 g/mol. The summed E-state index contributed by atoms with van der Waals surface area (Å²) in [5, 5.41) is 0. The molecular formula is C15H24O2Si. The zero-order chi connectivity index (χ0) is 12.8. The molecule has 2 nitrogen and oxygen atoms in total. The molecule has 0 aromatic heterocycles. The highest BCUT2D eigenvalue weighted by molar-refractivity contribution is 6.08. The van der Waals surface area contributed by atoms with Gasteiger partial charge >= 0.3 is 0 Å². The van der Waals surface area contributed by atoms with Crippen molar-refractivity contribution in [3.8, 4) is 0 Å². The molecule has 1 aliphatic heterocycles. The van der Waals surface area contributed by atoms with Gasteiger partial charge in [0.15, 0.2) is 0 Å². The Labute approximate surface area is 113 Å². The normalized spacial score (nSPS) is 17.6. The Morgan fingerprint density at radius 3 is 2.39 bits per heavy atom. The van der Waals surface area contributed by atoms with E-state index in [0.717, 1.165) is 32.8 Å². The quantitative estimate of drug-likeness (QED) is 0.701. The molecule has 2 rings (SSSR count). The van der Waals surface area contributed by atoms with Crippen LogP contribution in [0.4, 0.5) is 0 Å². The highest BCUT2D eigenvalue weighted by Gasteiger charge is 2.36. The molecule has 1 aromatic carbocycles. The van der Waals surface area contributed by atoms with Crippen LogP contribution in [0.25, 0.3) is 0 Å². The zero-order valence-corrected chi connectivity index (χ0v) is 13.6. The average Bonchev–Trinajstić information content (AvgIpc) is 2.35. The second-order valence-electron chi connectivity index (χ2n) is 5.41. The molecule has 1 fully saturated rings. The summed E-state index contributed by atoms with van der Waals surface area (Å²) in [6.07, 6.45) is 2.37. The van der Waals surface area contributed by atoms with Gasteiger partial charge in [0.1, 0.15) is 0 Å². The second kappa shape index (κ2) is 6.50. The molecule has 1 saturated heterocycles. The maximum atomic E-state index is 5.84. The summed E-state index contributed by atoms with van der Waals surface area (Å²) < 4.78 is 11.1. The predicted molar refractivity (Wildman–Crippen MR) is 78.1 cm³/mol. The van der Waals surface area contributed by atoms with Gasteiger partial charge in [-0.1, -0.05) is 37.2 Å². The van der Waals surface area contributed by atoms with E-state index in [0.29, 0.717) is 5.41 Å². The monoisotopic (exact) mass is 264 g/mol. The number of ether oxygens (including phenoxy) is 2. The molecule has 0 saturated carbocycles. The number of aryl methyl sites for hydroxylation is 1. The van der Waals surface area contributed by atoms with Crippen molar-refractivity contribution in [1.82, 2.24) is 0 Å². The molecule has 1 aliphatic rings. The summed E-state index contributed by atoms with van der Waals surface area (Å²) in [6, 6.07) is 10.2. The third kappa shape index (κ3) is 3.43. The standard InChI is InChI=1S/C15H24O2Si/c1-2-15(11-17-12-15)10-16-9-14-5-3-13(4-6-14)7-8-18/h3-6H,2,7-12H2,1,18H3. The Bertz CT molecular complexity index is 352. The minimum absolute atomic E-state index is 0.298. The number of rotatable bonds is 7. The first-order chi connectivity index (χ1) is 8.78. The van der Waals surface area contributed by atoms with Crippen molar-refractivity contribution in [3.63, 3.8) is 0 Å². The van der Waals surface area contributed by atoms with Gasteiger partial charge in [0.2, 0.25) is 0 Å². The van der Waals surface area contributed by atoms with Crippen molar-refractivity contribution < 1.29 is 9.47 Å². The molecular weight excluding hydrogens is 240 g/mol. The lowest BCUT2D eigenvalue weighted by molar-refractivity contribution is -0.152. The molecule has 0 amide bonds. The first-order valence-corrected chi connectivity index (χ1v) is 8.43. The van der Waals surface area contributed by atoms with E-state index in [1.54, 1.807) is 0 Å². The van der Waals surface area contributed by atoms with Gasteiger partial charge in [0.25, 0.3) is 0 Å². The Morgan fingerprint density at radius 1 is 1.22 bits per heavy atom. The SMILES string of the molecule is CCC1(COCc2ccc(CC[SiH3])cc2)COC1. The van der Waals surface area contributed by atoms with Crippen molar-refractivity contribution in [2.45, 2.75) is 32.4 Å². The fourth-order valence-corrected chi connectivity index (χ4v) is 2.83. The number of hydrogen-bond donors (Lipinski definition) is 0. The third-order valence-corrected chi connectivity index (χ3v) is 4.31. The van der Waals surface area contributed by atoms with Gasteiger partial charge in [-0.3, -0.25) is 0 Å². The van der Waals surface area contributed by atoms with Crippen LogP contribution in [-0.4, -0.2) is 30.1 Å². The molecule has 0 bridgehead atoms. The highest BCUT2D eigenvalue weighted by atomic mass is 28.1. The molecule has 0 unspecified atom stereocenters. The molecule has 0 aliphatic carbocycles. The van der Waals surface area contributed by atoms with Crippen LogP contribution in [0.1, 0.15) is 24.5 Å². The summed E-state index contributed by atoms with van der Waals surface area (Å²) in [6.45, 7) is 5.50. The van der Waals surface area contributed by atoms with E-state index in [-0.39, 0.29) is 0 Å². The molecule has 0 radical (unpaired) electrons. The van der Waals surface area contributed by atoms with Crippen LogP contribution in [0, 0.1) is 5.41 Å².